The van der Waals surface area contributed by atoms with Crippen LogP contribution in [0.25, 0.3) is 4.96 Å². The van der Waals surface area contributed by atoms with Crippen LogP contribution < -0.4 is 10.3 Å². The molecule has 11 heteroatoms. The van der Waals surface area contributed by atoms with Crippen molar-refractivity contribution in [1.82, 2.24) is 14.1 Å². The molecule has 0 radical (unpaired) electrons. The number of ether oxygens (including phenoxy) is 1. The minimum Gasteiger partial charge on any atom is -0.458 e. The molecule has 1 aromatic carbocycles. The molecule has 0 saturated heterocycles. The van der Waals surface area contributed by atoms with Crippen molar-refractivity contribution in [2.45, 2.75) is 31.4 Å². The Morgan fingerprint density at radius 1 is 1.38 bits per heavy atom. The van der Waals surface area contributed by atoms with Crippen LogP contribution >= 0.6 is 11.3 Å². The Hall–Kier alpha value is -3.05. The van der Waals surface area contributed by atoms with E-state index in [-0.39, 0.29) is 22.9 Å². The van der Waals surface area contributed by atoms with Gasteiger partial charge in [-0.1, -0.05) is 12.1 Å². The molecule has 0 spiro atoms. The second-order valence-electron chi connectivity index (χ2n) is 6.44. The zero-order valence-corrected chi connectivity index (χ0v) is 17.1. The highest BCUT2D eigenvalue weighted by atomic mass is 32.2. The van der Waals surface area contributed by atoms with Crippen molar-refractivity contribution in [3.05, 3.63) is 63.0 Å². The zero-order valence-electron chi connectivity index (χ0n) is 15.4. The Kier molecular flexibility index (Phi) is 4.71. The first-order chi connectivity index (χ1) is 13.8. The number of sulfonamides is 1. The van der Waals surface area contributed by atoms with Gasteiger partial charge in [0.1, 0.15) is 18.5 Å². The first-order valence-corrected chi connectivity index (χ1v) is 11.0. The monoisotopic (exact) mass is 432 g/mol. The number of carbonyl (C=O) groups excluding carboxylic acids is 1. The summed E-state index contributed by atoms with van der Waals surface area (Å²) in [5.74, 6) is -0.567. The fourth-order valence-electron chi connectivity index (χ4n) is 2.92. The maximum atomic E-state index is 12.3. The average Bonchev–Trinajstić information content (AvgIpc) is 3.17. The fourth-order valence-corrected chi connectivity index (χ4v) is 5.05. The number of nitrogens with one attached hydrogen (secondary N) is 1. The van der Waals surface area contributed by atoms with Crippen LogP contribution in [0.5, 0.6) is 0 Å². The normalized spacial score (nSPS) is 17.1. The van der Waals surface area contributed by atoms with E-state index >= 15 is 0 Å². The molecule has 150 valence electrons. The molecule has 2 aromatic heterocycles. The van der Waals surface area contributed by atoms with E-state index in [1.54, 1.807) is 18.2 Å². The number of esters is 1. The second kappa shape index (κ2) is 7.08. The molecule has 4 rings (SSSR count). The van der Waals surface area contributed by atoms with Gasteiger partial charge in [0.2, 0.25) is 0 Å². The van der Waals surface area contributed by atoms with Crippen molar-refractivity contribution in [2.75, 3.05) is 0 Å². The minimum absolute atomic E-state index is 0.0944. The highest BCUT2D eigenvalue weighted by Crippen LogP contribution is 2.22. The summed E-state index contributed by atoms with van der Waals surface area (Å²) in [5, 5.41) is 1.82. The van der Waals surface area contributed by atoms with Crippen molar-refractivity contribution in [3.8, 4) is 0 Å². The molecule has 0 saturated carbocycles. The summed E-state index contributed by atoms with van der Waals surface area (Å²) in [6, 6.07) is 6.74. The largest absolute Gasteiger partial charge is 0.458 e. The smallest absolute Gasteiger partial charge is 0.331 e. The Bertz CT molecular complexity index is 1320. The number of amidine groups is 1. The van der Waals surface area contributed by atoms with E-state index < -0.39 is 22.0 Å². The van der Waals surface area contributed by atoms with Gasteiger partial charge in [-0.3, -0.25) is 18.9 Å². The predicted octanol–water partition coefficient (Wildman–Crippen LogP) is 1.23. The Balaban J connectivity index is 1.50. The summed E-state index contributed by atoms with van der Waals surface area (Å²) in [6.45, 7) is 3.13. The fraction of sp³-hybridized carbons (Fsp3) is 0.222. The van der Waals surface area contributed by atoms with E-state index in [1.165, 1.54) is 34.8 Å². The van der Waals surface area contributed by atoms with Crippen LogP contribution in [0, 0.1) is 6.92 Å². The van der Waals surface area contributed by atoms with Gasteiger partial charge in [0.25, 0.3) is 15.6 Å². The van der Waals surface area contributed by atoms with Crippen LogP contribution in [0.1, 0.15) is 23.9 Å². The van der Waals surface area contributed by atoms with E-state index in [0.717, 1.165) is 5.69 Å². The molecule has 0 amide bonds. The maximum absolute atomic E-state index is 12.3. The van der Waals surface area contributed by atoms with E-state index in [9.17, 15) is 18.0 Å². The molecule has 0 aliphatic carbocycles. The van der Waals surface area contributed by atoms with Crippen molar-refractivity contribution >= 4 is 38.1 Å². The minimum atomic E-state index is -3.68. The van der Waals surface area contributed by atoms with Crippen LogP contribution in [0.2, 0.25) is 0 Å². The van der Waals surface area contributed by atoms with Gasteiger partial charge in [0, 0.05) is 22.7 Å². The predicted molar refractivity (Wildman–Crippen MR) is 107 cm³/mol. The van der Waals surface area contributed by atoms with E-state index in [0.29, 0.717) is 16.2 Å². The number of aliphatic imine (C=N–C) groups is 1. The number of fused-ring (bicyclic) bond motifs is 2. The van der Waals surface area contributed by atoms with Crippen molar-refractivity contribution in [2.24, 2.45) is 4.99 Å². The molecule has 0 fully saturated rings. The first-order valence-electron chi connectivity index (χ1n) is 8.60. The molecule has 1 aliphatic heterocycles. The van der Waals surface area contributed by atoms with Crippen LogP contribution in [-0.2, 0) is 26.2 Å². The number of carbonyl (C=O) groups is 1. The lowest BCUT2D eigenvalue weighted by Crippen LogP contribution is -2.27. The number of hydrogen-bond donors (Lipinski definition) is 1. The molecular formula is C18H16N4O5S2. The third kappa shape index (κ3) is 3.54. The summed E-state index contributed by atoms with van der Waals surface area (Å²) in [7, 11) is -3.68. The molecule has 1 aliphatic rings. The summed E-state index contributed by atoms with van der Waals surface area (Å²) < 4.78 is 33.3. The average molecular weight is 432 g/mol. The highest BCUT2D eigenvalue weighted by Gasteiger charge is 2.31. The number of thiazole rings is 1. The van der Waals surface area contributed by atoms with Gasteiger partial charge in [-0.15, -0.1) is 11.3 Å². The van der Waals surface area contributed by atoms with Gasteiger partial charge >= 0.3 is 5.97 Å². The lowest BCUT2D eigenvalue weighted by Gasteiger charge is -2.09. The number of aromatic nitrogens is 2. The maximum Gasteiger partial charge on any atom is 0.331 e. The number of aryl methyl sites for hydroxylation is 1. The molecule has 3 heterocycles. The quantitative estimate of drug-likeness (QED) is 0.620. The third-order valence-electron chi connectivity index (χ3n) is 4.32. The first kappa shape index (κ1) is 19.3. The lowest BCUT2D eigenvalue weighted by molar-refractivity contribution is -0.146. The summed E-state index contributed by atoms with van der Waals surface area (Å²) in [5.41, 5.74) is 1.28. The standard InChI is InChI=1S/C18H16N4O5S2/c1-10-9-28-18-20-12(7-15(23)22(10)18)8-27-17(24)11(2)19-16-13-5-3-4-6-14(13)29(25,26)21-16/h3-7,9,11H,8H2,1-2H3,(H,19,21). The Labute approximate surface area is 169 Å². The third-order valence-corrected chi connectivity index (χ3v) is 6.66. The highest BCUT2D eigenvalue weighted by molar-refractivity contribution is 7.90. The van der Waals surface area contributed by atoms with Crippen molar-refractivity contribution in [1.29, 1.82) is 0 Å². The number of nitrogens with zero attached hydrogens (tertiary/aromatic N) is 3. The molecule has 1 unspecified atom stereocenters. The summed E-state index contributed by atoms with van der Waals surface area (Å²) >= 11 is 1.32. The summed E-state index contributed by atoms with van der Waals surface area (Å²) in [6.07, 6.45) is 0. The van der Waals surface area contributed by atoms with Crippen molar-refractivity contribution in [3.63, 3.8) is 0 Å². The number of benzene rings is 1. The van der Waals surface area contributed by atoms with Gasteiger partial charge in [0.05, 0.1) is 10.6 Å². The molecule has 9 nitrogen and oxygen atoms in total. The van der Waals surface area contributed by atoms with Crippen LogP contribution in [0.15, 0.2) is 50.4 Å². The molecule has 1 atom stereocenters. The molecule has 0 bridgehead atoms. The van der Waals surface area contributed by atoms with Crippen LogP contribution in [0.3, 0.4) is 0 Å². The molecule has 3 aromatic rings. The SMILES string of the molecule is Cc1csc2nc(COC(=O)C(C)N=C3NS(=O)(=O)c4ccccc43)cc(=O)n12. The zero-order chi connectivity index (χ0) is 20.8. The van der Waals surface area contributed by atoms with Gasteiger partial charge in [-0.05, 0) is 26.0 Å². The Morgan fingerprint density at radius 3 is 2.93 bits per heavy atom. The van der Waals surface area contributed by atoms with Gasteiger partial charge < -0.3 is 4.74 Å². The van der Waals surface area contributed by atoms with Gasteiger partial charge in [-0.25, -0.2) is 18.2 Å². The second-order valence-corrected chi connectivity index (χ2v) is 8.93. The van der Waals surface area contributed by atoms with E-state index in [1.807, 2.05) is 12.3 Å². The summed E-state index contributed by atoms with van der Waals surface area (Å²) in [4.78, 5) is 33.6. The van der Waals surface area contributed by atoms with Gasteiger partial charge in [0.15, 0.2) is 4.96 Å². The lowest BCUT2D eigenvalue weighted by atomic mass is 10.2. The van der Waals surface area contributed by atoms with Crippen molar-refractivity contribution < 1.29 is 17.9 Å². The van der Waals surface area contributed by atoms with Gasteiger partial charge in [-0.2, -0.15) is 0 Å². The molecule has 29 heavy (non-hydrogen) atoms. The Morgan fingerprint density at radius 2 is 2.14 bits per heavy atom. The topological polar surface area (TPSA) is 119 Å². The molecular weight excluding hydrogens is 416 g/mol. The number of hydrogen-bond acceptors (Lipinski definition) is 8. The van der Waals surface area contributed by atoms with E-state index in [4.69, 9.17) is 4.74 Å². The number of rotatable bonds is 4. The van der Waals surface area contributed by atoms with Crippen LogP contribution in [-0.4, -0.2) is 35.6 Å². The molecule has 1 N–H and O–H groups in total. The van der Waals surface area contributed by atoms with E-state index in [2.05, 4.69) is 14.7 Å². The van der Waals surface area contributed by atoms with Crippen LogP contribution in [0.4, 0.5) is 0 Å².